The van der Waals surface area contributed by atoms with Crippen molar-refractivity contribution in [3.63, 3.8) is 0 Å². The highest BCUT2D eigenvalue weighted by Crippen LogP contribution is 2.36. The van der Waals surface area contributed by atoms with Crippen LogP contribution in [0.1, 0.15) is 22.8 Å². The lowest BCUT2D eigenvalue weighted by Crippen LogP contribution is -2.44. The lowest BCUT2D eigenvalue weighted by molar-refractivity contribution is -0.123. The molecule has 0 saturated carbocycles. The number of hydrogen-bond acceptors (Lipinski definition) is 5. The molecule has 1 saturated heterocycles. The van der Waals surface area contributed by atoms with E-state index in [-0.39, 0.29) is 10.2 Å². The SMILES string of the molecule is CCOc1ccc2ccccc2c1/C=C1/SC(=S)N(NC(=O)c2ccccc2)C1=O. The van der Waals surface area contributed by atoms with E-state index in [2.05, 4.69) is 5.43 Å². The molecule has 5 nitrogen and oxygen atoms in total. The summed E-state index contributed by atoms with van der Waals surface area (Å²) in [7, 11) is 0. The van der Waals surface area contributed by atoms with Crippen LogP contribution in [0.4, 0.5) is 0 Å². The van der Waals surface area contributed by atoms with Crippen molar-refractivity contribution < 1.29 is 14.3 Å². The molecule has 7 heteroatoms. The molecule has 4 rings (SSSR count). The van der Waals surface area contributed by atoms with Crippen molar-refractivity contribution in [3.05, 3.63) is 82.8 Å². The Labute approximate surface area is 183 Å². The highest BCUT2D eigenvalue weighted by atomic mass is 32.2. The zero-order valence-electron chi connectivity index (χ0n) is 16.1. The Bertz CT molecular complexity index is 1180. The fourth-order valence-corrected chi connectivity index (χ4v) is 4.32. The monoisotopic (exact) mass is 434 g/mol. The van der Waals surface area contributed by atoms with Gasteiger partial charge in [0.2, 0.25) is 0 Å². The summed E-state index contributed by atoms with van der Waals surface area (Å²) in [5.41, 5.74) is 3.86. The molecule has 1 aliphatic rings. The second-order valence-corrected chi connectivity index (χ2v) is 8.13. The Kier molecular flexibility index (Phi) is 5.83. The van der Waals surface area contributed by atoms with Crippen molar-refractivity contribution in [1.82, 2.24) is 10.4 Å². The Morgan fingerprint density at radius 3 is 2.60 bits per heavy atom. The zero-order valence-corrected chi connectivity index (χ0v) is 17.8. The van der Waals surface area contributed by atoms with Crippen LogP contribution in [0.3, 0.4) is 0 Å². The summed E-state index contributed by atoms with van der Waals surface area (Å²) in [6.45, 7) is 2.42. The maximum atomic E-state index is 13.0. The lowest BCUT2D eigenvalue weighted by Gasteiger charge is -2.15. The van der Waals surface area contributed by atoms with Crippen LogP contribution in [0.5, 0.6) is 5.75 Å². The van der Waals surface area contributed by atoms with E-state index in [1.54, 1.807) is 30.3 Å². The first-order valence-corrected chi connectivity index (χ1v) is 10.6. The number of rotatable bonds is 5. The molecule has 2 amide bonds. The molecule has 0 aliphatic carbocycles. The largest absolute Gasteiger partial charge is 0.493 e. The van der Waals surface area contributed by atoms with Crippen molar-refractivity contribution in [2.45, 2.75) is 6.92 Å². The summed E-state index contributed by atoms with van der Waals surface area (Å²) in [6.07, 6.45) is 1.78. The molecule has 0 radical (unpaired) electrons. The predicted molar refractivity (Wildman–Crippen MR) is 124 cm³/mol. The third-order valence-corrected chi connectivity index (χ3v) is 5.85. The number of hydrazine groups is 1. The summed E-state index contributed by atoms with van der Waals surface area (Å²) >= 11 is 6.49. The maximum Gasteiger partial charge on any atom is 0.285 e. The normalized spacial score (nSPS) is 15.1. The number of nitrogens with one attached hydrogen (secondary N) is 1. The van der Waals surface area contributed by atoms with E-state index in [1.807, 2.05) is 49.4 Å². The Balaban J connectivity index is 1.67. The number of thiocarbonyl (C=S) groups is 1. The van der Waals surface area contributed by atoms with Crippen LogP contribution in [0.15, 0.2) is 71.6 Å². The van der Waals surface area contributed by atoms with E-state index in [0.717, 1.165) is 33.1 Å². The van der Waals surface area contributed by atoms with Crippen molar-refractivity contribution in [3.8, 4) is 5.75 Å². The topological polar surface area (TPSA) is 58.6 Å². The number of benzene rings is 3. The molecule has 1 aliphatic heterocycles. The van der Waals surface area contributed by atoms with Gasteiger partial charge in [-0.05, 0) is 54.2 Å². The van der Waals surface area contributed by atoms with Gasteiger partial charge in [0, 0.05) is 11.1 Å². The first-order valence-electron chi connectivity index (χ1n) is 9.37. The molecule has 3 aromatic rings. The summed E-state index contributed by atoms with van der Waals surface area (Å²) in [6, 6.07) is 20.5. The van der Waals surface area contributed by atoms with Gasteiger partial charge in [0.1, 0.15) is 5.75 Å². The fraction of sp³-hybridized carbons (Fsp3) is 0.0870. The van der Waals surface area contributed by atoms with Crippen molar-refractivity contribution in [2.75, 3.05) is 6.61 Å². The number of amides is 2. The number of ether oxygens (including phenoxy) is 1. The minimum absolute atomic E-state index is 0.272. The third kappa shape index (κ3) is 3.94. The van der Waals surface area contributed by atoms with Gasteiger partial charge in [0.25, 0.3) is 11.8 Å². The number of fused-ring (bicyclic) bond motifs is 1. The first kappa shape index (κ1) is 20.1. The first-order chi connectivity index (χ1) is 14.6. The summed E-state index contributed by atoms with van der Waals surface area (Å²) in [4.78, 5) is 25.9. The highest BCUT2D eigenvalue weighted by Gasteiger charge is 2.34. The van der Waals surface area contributed by atoms with E-state index in [4.69, 9.17) is 17.0 Å². The Morgan fingerprint density at radius 2 is 1.83 bits per heavy atom. The Hall–Kier alpha value is -3.16. The van der Waals surface area contributed by atoms with Gasteiger partial charge >= 0.3 is 0 Å². The van der Waals surface area contributed by atoms with Gasteiger partial charge in [0.15, 0.2) is 4.32 Å². The standard InChI is InChI=1S/C23H18N2O3S2/c1-2-28-19-13-12-15-8-6-7-11-17(15)18(19)14-20-22(27)25(23(29)30-20)24-21(26)16-9-4-3-5-10-16/h3-14H,2H2,1H3,(H,24,26)/b20-14+. The van der Waals surface area contributed by atoms with Gasteiger partial charge in [-0.3, -0.25) is 15.0 Å². The van der Waals surface area contributed by atoms with Crippen molar-refractivity contribution in [1.29, 1.82) is 0 Å². The van der Waals surface area contributed by atoms with Crippen LogP contribution in [-0.4, -0.2) is 27.8 Å². The van der Waals surface area contributed by atoms with Gasteiger partial charge in [-0.15, -0.1) is 0 Å². The van der Waals surface area contributed by atoms with Gasteiger partial charge in [-0.25, -0.2) is 0 Å². The number of hydrogen-bond donors (Lipinski definition) is 1. The number of thioether (sulfide) groups is 1. The molecule has 150 valence electrons. The maximum absolute atomic E-state index is 13.0. The fourth-order valence-electron chi connectivity index (χ4n) is 3.16. The van der Waals surface area contributed by atoms with Crippen LogP contribution < -0.4 is 10.2 Å². The van der Waals surface area contributed by atoms with Crippen LogP contribution in [0.25, 0.3) is 16.8 Å². The van der Waals surface area contributed by atoms with Crippen LogP contribution in [0, 0.1) is 0 Å². The van der Waals surface area contributed by atoms with E-state index >= 15 is 0 Å². The molecule has 30 heavy (non-hydrogen) atoms. The summed E-state index contributed by atoms with van der Waals surface area (Å²) < 4.78 is 6.06. The number of nitrogens with zero attached hydrogens (tertiary/aromatic N) is 1. The molecule has 0 unspecified atom stereocenters. The van der Waals surface area contributed by atoms with Crippen molar-refractivity contribution in [2.24, 2.45) is 0 Å². The number of carbonyl (C=O) groups is 2. The second kappa shape index (κ2) is 8.69. The summed E-state index contributed by atoms with van der Waals surface area (Å²) in [5, 5.41) is 3.13. The molecular weight excluding hydrogens is 416 g/mol. The predicted octanol–water partition coefficient (Wildman–Crippen LogP) is 4.78. The second-order valence-electron chi connectivity index (χ2n) is 6.46. The molecular formula is C23H18N2O3S2. The zero-order chi connectivity index (χ0) is 21.1. The molecule has 0 aromatic heterocycles. The molecule has 1 N–H and O–H groups in total. The molecule has 0 bridgehead atoms. The molecule has 0 atom stereocenters. The minimum Gasteiger partial charge on any atom is -0.493 e. The van der Waals surface area contributed by atoms with E-state index < -0.39 is 5.91 Å². The molecule has 0 spiro atoms. The highest BCUT2D eigenvalue weighted by molar-refractivity contribution is 8.26. The van der Waals surface area contributed by atoms with E-state index in [1.165, 1.54) is 0 Å². The summed E-state index contributed by atoms with van der Waals surface area (Å²) in [5.74, 6) is -0.0761. The van der Waals surface area contributed by atoms with Crippen LogP contribution in [-0.2, 0) is 4.79 Å². The lowest BCUT2D eigenvalue weighted by atomic mass is 10.0. The van der Waals surface area contributed by atoms with Gasteiger partial charge in [-0.2, -0.15) is 5.01 Å². The number of carbonyl (C=O) groups excluding carboxylic acids is 2. The smallest absolute Gasteiger partial charge is 0.285 e. The van der Waals surface area contributed by atoms with Gasteiger partial charge in [-0.1, -0.05) is 60.3 Å². The van der Waals surface area contributed by atoms with E-state index in [9.17, 15) is 9.59 Å². The van der Waals surface area contributed by atoms with Gasteiger partial charge < -0.3 is 4.74 Å². The van der Waals surface area contributed by atoms with Crippen LogP contribution >= 0.6 is 24.0 Å². The molecule has 1 fully saturated rings. The molecule has 3 aromatic carbocycles. The van der Waals surface area contributed by atoms with Gasteiger partial charge in [0.05, 0.1) is 11.5 Å². The average molecular weight is 435 g/mol. The van der Waals surface area contributed by atoms with Crippen LogP contribution in [0.2, 0.25) is 0 Å². The Morgan fingerprint density at radius 1 is 1.10 bits per heavy atom. The molecule has 1 heterocycles. The van der Waals surface area contributed by atoms with Crippen molar-refractivity contribution >= 4 is 57.0 Å². The average Bonchev–Trinajstić information content (AvgIpc) is 3.03. The minimum atomic E-state index is -0.395. The van der Waals surface area contributed by atoms with E-state index in [0.29, 0.717) is 22.8 Å². The quantitative estimate of drug-likeness (QED) is 0.462. The third-order valence-electron chi connectivity index (χ3n) is 4.55.